The van der Waals surface area contributed by atoms with Crippen LogP contribution in [0.1, 0.15) is 36.4 Å². The fraction of sp³-hybridized carbons (Fsp3) is 0.524. The minimum Gasteiger partial charge on any atom is -0.376 e. The summed E-state index contributed by atoms with van der Waals surface area (Å²) in [6.45, 7) is 5.74. The van der Waals surface area contributed by atoms with Crippen molar-refractivity contribution in [3.05, 3.63) is 35.2 Å². The molecule has 2 amide bonds. The molecule has 1 aliphatic rings. The van der Waals surface area contributed by atoms with Crippen LogP contribution < -0.4 is 16.4 Å². The van der Waals surface area contributed by atoms with Crippen LogP contribution in [0, 0.1) is 11.8 Å². The van der Waals surface area contributed by atoms with Crippen LogP contribution in [0.3, 0.4) is 0 Å². The van der Waals surface area contributed by atoms with Crippen LogP contribution in [-0.4, -0.2) is 43.7 Å². The summed E-state index contributed by atoms with van der Waals surface area (Å²) >= 11 is 1.44. The van der Waals surface area contributed by atoms with Crippen molar-refractivity contribution in [2.24, 2.45) is 17.6 Å². The van der Waals surface area contributed by atoms with Crippen LogP contribution in [0.25, 0.3) is 10.1 Å². The molecule has 0 bridgehead atoms. The van der Waals surface area contributed by atoms with Gasteiger partial charge in [-0.3, -0.25) is 9.59 Å². The average Bonchev–Trinajstić information content (AvgIpc) is 3.31. The van der Waals surface area contributed by atoms with Gasteiger partial charge in [-0.05, 0) is 42.8 Å². The van der Waals surface area contributed by atoms with Gasteiger partial charge in [-0.1, -0.05) is 32.0 Å². The molecular weight excluding hydrogens is 374 g/mol. The number of fused-ring (bicyclic) bond motifs is 1. The zero-order chi connectivity index (χ0) is 20.1. The first kappa shape index (κ1) is 20.8. The van der Waals surface area contributed by atoms with Crippen LogP contribution in [0.15, 0.2) is 30.3 Å². The maximum absolute atomic E-state index is 12.8. The molecule has 7 heteroatoms. The minimum atomic E-state index is -0.574. The Bertz CT molecular complexity index is 787. The molecule has 2 aromatic rings. The van der Waals surface area contributed by atoms with Gasteiger partial charge in [-0.25, -0.2) is 0 Å². The molecule has 0 aliphatic carbocycles. The van der Waals surface area contributed by atoms with E-state index in [9.17, 15) is 9.59 Å². The third kappa shape index (κ3) is 5.10. The molecule has 0 saturated carbocycles. The number of ether oxygens (including phenoxy) is 1. The van der Waals surface area contributed by atoms with E-state index in [1.165, 1.54) is 11.3 Å². The SMILES string of the molecule is CC(C)C[C@H](NC(=O)c1cc2ccccc2s1)C(=O)NC[C@H]1OCC[C@@H]1CN. The number of amides is 2. The van der Waals surface area contributed by atoms with Gasteiger partial charge >= 0.3 is 0 Å². The Hall–Kier alpha value is -1.96. The Balaban J connectivity index is 1.63. The maximum Gasteiger partial charge on any atom is 0.262 e. The molecule has 1 aliphatic heterocycles. The van der Waals surface area contributed by atoms with Gasteiger partial charge in [0.05, 0.1) is 11.0 Å². The molecule has 3 rings (SSSR count). The molecule has 4 N–H and O–H groups in total. The van der Waals surface area contributed by atoms with Crippen molar-refractivity contribution < 1.29 is 14.3 Å². The van der Waals surface area contributed by atoms with E-state index in [4.69, 9.17) is 10.5 Å². The Morgan fingerprint density at radius 1 is 1.32 bits per heavy atom. The van der Waals surface area contributed by atoms with E-state index in [0.29, 0.717) is 31.0 Å². The molecule has 1 aromatic carbocycles. The zero-order valence-electron chi connectivity index (χ0n) is 16.4. The van der Waals surface area contributed by atoms with Crippen molar-refractivity contribution in [3.63, 3.8) is 0 Å². The largest absolute Gasteiger partial charge is 0.376 e. The second kappa shape index (κ2) is 9.49. The normalized spacial score (nSPS) is 20.4. The molecule has 0 spiro atoms. The van der Waals surface area contributed by atoms with Crippen molar-refractivity contribution >= 4 is 33.2 Å². The highest BCUT2D eigenvalue weighted by Crippen LogP contribution is 2.25. The first-order valence-corrected chi connectivity index (χ1v) is 10.7. The zero-order valence-corrected chi connectivity index (χ0v) is 17.3. The summed E-state index contributed by atoms with van der Waals surface area (Å²) in [5.41, 5.74) is 5.77. The Kier molecular flexibility index (Phi) is 7.04. The van der Waals surface area contributed by atoms with Gasteiger partial charge in [-0.2, -0.15) is 0 Å². The van der Waals surface area contributed by atoms with Gasteiger partial charge in [0.15, 0.2) is 0 Å². The van der Waals surface area contributed by atoms with E-state index in [2.05, 4.69) is 10.6 Å². The molecule has 28 heavy (non-hydrogen) atoms. The topological polar surface area (TPSA) is 93.5 Å². The highest BCUT2D eigenvalue weighted by Gasteiger charge is 2.29. The highest BCUT2D eigenvalue weighted by atomic mass is 32.1. The second-order valence-corrected chi connectivity index (χ2v) is 8.83. The highest BCUT2D eigenvalue weighted by molar-refractivity contribution is 7.20. The number of carbonyl (C=O) groups excluding carboxylic acids is 2. The van der Waals surface area contributed by atoms with Crippen LogP contribution >= 0.6 is 11.3 Å². The van der Waals surface area contributed by atoms with E-state index < -0.39 is 6.04 Å². The molecule has 1 fully saturated rings. The van der Waals surface area contributed by atoms with Crippen molar-refractivity contribution in [2.75, 3.05) is 19.7 Å². The summed E-state index contributed by atoms with van der Waals surface area (Å²) in [5.74, 6) is 0.170. The Labute approximate surface area is 169 Å². The first-order valence-electron chi connectivity index (χ1n) is 9.86. The summed E-state index contributed by atoms with van der Waals surface area (Å²) in [6.07, 6.45) is 1.45. The van der Waals surface area contributed by atoms with E-state index in [1.807, 2.05) is 44.2 Å². The summed E-state index contributed by atoms with van der Waals surface area (Å²) < 4.78 is 6.73. The van der Waals surface area contributed by atoms with Crippen LogP contribution in [0.2, 0.25) is 0 Å². The predicted octanol–water partition coefficient (Wildman–Crippen LogP) is 2.53. The quantitative estimate of drug-likeness (QED) is 0.631. The van der Waals surface area contributed by atoms with E-state index in [-0.39, 0.29) is 29.8 Å². The third-order valence-electron chi connectivity index (χ3n) is 5.10. The lowest BCUT2D eigenvalue weighted by molar-refractivity contribution is -0.124. The molecule has 0 radical (unpaired) electrons. The lowest BCUT2D eigenvalue weighted by atomic mass is 10.0. The average molecular weight is 404 g/mol. The van der Waals surface area contributed by atoms with E-state index in [1.54, 1.807) is 0 Å². The fourth-order valence-corrected chi connectivity index (χ4v) is 4.50. The molecule has 152 valence electrons. The maximum atomic E-state index is 12.8. The van der Waals surface area contributed by atoms with E-state index in [0.717, 1.165) is 16.5 Å². The molecule has 2 heterocycles. The van der Waals surface area contributed by atoms with Gasteiger partial charge in [0, 0.05) is 23.8 Å². The van der Waals surface area contributed by atoms with Gasteiger partial charge < -0.3 is 21.1 Å². The summed E-state index contributed by atoms with van der Waals surface area (Å²) in [5, 5.41) is 6.90. The molecule has 1 saturated heterocycles. The number of hydrogen-bond donors (Lipinski definition) is 3. The first-order chi connectivity index (χ1) is 13.5. The van der Waals surface area contributed by atoms with Crippen molar-refractivity contribution in [2.45, 2.75) is 38.8 Å². The van der Waals surface area contributed by atoms with E-state index >= 15 is 0 Å². The molecule has 3 atom stereocenters. The number of benzene rings is 1. The molecule has 6 nitrogen and oxygen atoms in total. The molecule has 0 unspecified atom stereocenters. The third-order valence-corrected chi connectivity index (χ3v) is 6.22. The van der Waals surface area contributed by atoms with Gasteiger partial charge in [0.25, 0.3) is 5.91 Å². The number of rotatable bonds is 8. The standard InChI is InChI=1S/C21H29N3O3S/c1-13(2)9-16(20(25)23-12-17-15(11-22)7-8-27-17)24-21(26)19-10-14-5-3-4-6-18(14)28-19/h3-6,10,13,15-17H,7-9,11-12,22H2,1-2H3,(H,23,25)(H,24,26)/t15-,16+,17-/m1/s1. The lowest BCUT2D eigenvalue weighted by Crippen LogP contribution is -2.49. The van der Waals surface area contributed by atoms with Crippen molar-refractivity contribution in [1.82, 2.24) is 10.6 Å². The summed E-state index contributed by atoms with van der Waals surface area (Å²) in [7, 11) is 0. The minimum absolute atomic E-state index is 0.0491. The number of nitrogens with two attached hydrogens (primary N) is 1. The summed E-state index contributed by atoms with van der Waals surface area (Å²) in [4.78, 5) is 26.1. The van der Waals surface area contributed by atoms with Gasteiger partial charge in [0.1, 0.15) is 6.04 Å². The smallest absolute Gasteiger partial charge is 0.262 e. The van der Waals surface area contributed by atoms with Gasteiger partial charge in [-0.15, -0.1) is 11.3 Å². The molecule has 1 aromatic heterocycles. The fourth-order valence-electron chi connectivity index (χ4n) is 3.54. The van der Waals surface area contributed by atoms with Crippen molar-refractivity contribution in [3.8, 4) is 0 Å². The number of carbonyl (C=O) groups is 2. The van der Waals surface area contributed by atoms with Gasteiger partial charge in [0.2, 0.25) is 5.91 Å². The lowest BCUT2D eigenvalue weighted by Gasteiger charge is -2.22. The van der Waals surface area contributed by atoms with Crippen LogP contribution in [0.4, 0.5) is 0 Å². The number of hydrogen-bond acceptors (Lipinski definition) is 5. The van der Waals surface area contributed by atoms with Crippen LogP contribution in [0.5, 0.6) is 0 Å². The second-order valence-electron chi connectivity index (χ2n) is 7.74. The summed E-state index contributed by atoms with van der Waals surface area (Å²) in [6, 6.07) is 9.18. The molecular formula is C21H29N3O3S. The number of nitrogens with one attached hydrogen (secondary N) is 2. The van der Waals surface area contributed by atoms with Crippen molar-refractivity contribution in [1.29, 1.82) is 0 Å². The Morgan fingerprint density at radius 2 is 2.11 bits per heavy atom. The monoisotopic (exact) mass is 403 g/mol. The number of thiophene rings is 1. The van der Waals surface area contributed by atoms with Crippen LogP contribution in [-0.2, 0) is 9.53 Å². The predicted molar refractivity (Wildman–Crippen MR) is 112 cm³/mol. The Morgan fingerprint density at radius 3 is 2.82 bits per heavy atom.